The molecule has 0 radical (unpaired) electrons. The molecule has 0 aliphatic carbocycles. The van der Waals surface area contributed by atoms with E-state index in [0.717, 1.165) is 23.1 Å². The number of amides is 1. The summed E-state index contributed by atoms with van der Waals surface area (Å²) in [5.41, 5.74) is -0.198. The minimum absolute atomic E-state index is 0.116. The number of ether oxygens (including phenoxy) is 1. The molecule has 5 atom stereocenters. The van der Waals surface area contributed by atoms with Crippen LogP contribution in [0.4, 0.5) is 0 Å². The fourth-order valence-electron chi connectivity index (χ4n) is 3.41. The Balaban J connectivity index is 1.65. The predicted octanol–water partition coefficient (Wildman–Crippen LogP) is 0.630. The lowest BCUT2D eigenvalue weighted by atomic mass is 9.97. The molecule has 34 heavy (non-hydrogen) atoms. The highest BCUT2D eigenvalue weighted by atomic mass is 35.5. The van der Waals surface area contributed by atoms with Crippen molar-refractivity contribution in [3.05, 3.63) is 34.6 Å². The second-order valence-electron chi connectivity index (χ2n) is 7.61. The van der Waals surface area contributed by atoms with Crippen LogP contribution in [0.1, 0.15) is 16.5 Å². The summed E-state index contributed by atoms with van der Waals surface area (Å²) < 4.78 is 7.02. The van der Waals surface area contributed by atoms with Crippen LogP contribution in [0.2, 0.25) is 5.02 Å². The van der Waals surface area contributed by atoms with E-state index in [-0.39, 0.29) is 21.8 Å². The number of rotatable bonds is 6. The van der Waals surface area contributed by atoms with Crippen molar-refractivity contribution < 1.29 is 30.0 Å². The summed E-state index contributed by atoms with van der Waals surface area (Å²) in [6, 6.07) is 0.486. The number of aromatic nitrogens is 5. The van der Waals surface area contributed by atoms with Crippen molar-refractivity contribution in [2.24, 2.45) is 0 Å². The van der Waals surface area contributed by atoms with Gasteiger partial charge in [-0.15, -0.1) is 5.10 Å². The Labute approximate surface area is 206 Å². The second kappa shape index (κ2) is 10.1. The third kappa shape index (κ3) is 4.88. The third-order valence-corrected chi connectivity index (χ3v) is 7.13. The number of aliphatic hydroxyl groups is 3. The number of thioether (sulfide) groups is 1. The summed E-state index contributed by atoms with van der Waals surface area (Å²) in [5.74, 6) is -0.368. The van der Waals surface area contributed by atoms with Gasteiger partial charge in [-0.2, -0.15) is 0 Å². The van der Waals surface area contributed by atoms with Crippen LogP contribution in [0, 0.1) is 0 Å². The fourth-order valence-corrected chi connectivity index (χ4v) is 5.37. The standard InChI is InChI=1S/C19H21ClN6O6S2/c1-25(2)17(30)13-12(3-8(20)4-21-13)34-18-16(29)14(15(28)11(6-27)32-18)26-5-9(23-24-26)10-7-33-19(31)22-10/h3-5,7,11,14-16,18,27-29H,6H2,1-2H3,(H,22,31). The van der Waals surface area contributed by atoms with E-state index in [4.69, 9.17) is 16.3 Å². The van der Waals surface area contributed by atoms with Crippen LogP contribution < -0.4 is 0 Å². The predicted molar refractivity (Wildman–Crippen MR) is 123 cm³/mol. The second-order valence-corrected chi connectivity index (χ2v) is 10.0. The van der Waals surface area contributed by atoms with E-state index >= 15 is 0 Å². The molecular weight excluding hydrogens is 508 g/mol. The quantitative estimate of drug-likeness (QED) is 0.354. The molecular formula is C19H21ClN6O6S2. The highest BCUT2D eigenvalue weighted by molar-refractivity contribution is 8.00. The molecule has 0 spiro atoms. The molecule has 1 amide bonds. The van der Waals surface area contributed by atoms with Gasteiger partial charge in [0, 0.05) is 30.6 Å². The van der Waals surface area contributed by atoms with Gasteiger partial charge in [-0.3, -0.25) is 4.79 Å². The Kier molecular flexibility index (Phi) is 7.37. The van der Waals surface area contributed by atoms with Crippen LogP contribution in [0.3, 0.4) is 0 Å². The minimum atomic E-state index is -1.33. The third-order valence-electron chi connectivity index (χ3n) is 5.09. The molecule has 15 heteroatoms. The average molecular weight is 529 g/mol. The SMILES string of the molecule is CN(C)C(=O)c1ncc(Cl)cc1SC1OC(CO)C(O)C(n2cc(-c3csc(O)n3)nn2)C1O. The molecule has 3 aromatic heterocycles. The Morgan fingerprint density at radius 2 is 2.09 bits per heavy atom. The Morgan fingerprint density at radius 3 is 2.74 bits per heavy atom. The van der Waals surface area contributed by atoms with Gasteiger partial charge in [-0.25, -0.2) is 14.6 Å². The van der Waals surface area contributed by atoms with Crippen molar-refractivity contribution >= 4 is 40.6 Å². The van der Waals surface area contributed by atoms with Gasteiger partial charge in [-0.1, -0.05) is 39.9 Å². The first-order valence-corrected chi connectivity index (χ1v) is 12.1. The molecule has 1 saturated heterocycles. The van der Waals surface area contributed by atoms with Crippen LogP contribution >= 0.6 is 34.7 Å². The van der Waals surface area contributed by atoms with E-state index in [1.807, 2.05) is 0 Å². The van der Waals surface area contributed by atoms with Crippen LogP contribution in [0.15, 0.2) is 28.7 Å². The molecule has 0 bridgehead atoms. The lowest BCUT2D eigenvalue weighted by molar-refractivity contribution is -0.178. The van der Waals surface area contributed by atoms with Crippen molar-refractivity contribution in [3.8, 4) is 16.6 Å². The van der Waals surface area contributed by atoms with E-state index in [9.17, 15) is 25.2 Å². The number of halogens is 1. The normalized spacial score (nSPS) is 24.8. The molecule has 4 heterocycles. The van der Waals surface area contributed by atoms with E-state index in [1.54, 1.807) is 19.5 Å². The molecule has 4 rings (SSSR count). The molecule has 1 aliphatic rings. The molecule has 0 saturated carbocycles. The summed E-state index contributed by atoms with van der Waals surface area (Å²) in [6.07, 6.45) is -0.897. The summed E-state index contributed by atoms with van der Waals surface area (Å²) in [5, 5.41) is 51.0. The summed E-state index contributed by atoms with van der Waals surface area (Å²) in [7, 11) is 3.16. The molecule has 1 fully saturated rings. The molecule has 1 aliphatic heterocycles. The molecule has 3 aromatic rings. The molecule has 5 unspecified atom stereocenters. The van der Waals surface area contributed by atoms with Crippen LogP contribution in [0.5, 0.6) is 5.19 Å². The number of thiazole rings is 1. The van der Waals surface area contributed by atoms with Crippen molar-refractivity contribution in [1.29, 1.82) is 0 Å². The van der Waals surface area contributed by atoms with Gasteiger partial charge in [0.1, 0.15) is 46.9 Å². The van der Waals surface area contributed by atoms with Gasteiger partial charge in [0.15, 0.2) is 0 Å². The molecule has 182 valence electrons. The average Bonchev–Trinajstić information content (AvgIpc) is 3.44. The number of nitrogens with zero attached hydrogens (tertiary/aromatic N) is 6. The van der Waals surface area contributed by atoms with E-state index in [1.165, 1.54) is 28.0 Å². The zero-order chi connectivity index (χ0) is 24.6. The van der Waals surface area contributed by atoms with Gasteiger partial charge < -0.3 is 30.1 Å². The first kappa shape index (κ1) is 24.8. The lowest BCUT2D eigenvalue weighted by Crippen LogP contribution is -2.55. The van der Waals surface area contributed by atoms with Gasteiger partial charge in [-0.05, 0) is 6.07 Å². The van der Waals surface area contributed by atoms with Gasteiger partial charge in [0.2, 0.25) is 0 Å². The maximum atomic E-state index is 12.6. The van der Waals surface area contributed by atoms with Gasteiger partial charge in [0.25, 0.3) is 11.1 Å². The number of hydrogen-bond acceptors (Lipinski definition) is 12. The van der Waals surface area contributed by atoms with Gasteiger partial charge >= 0.3 is 0 Å². The molecule has 4 N–H and O–H groups in total. The topological polar surface area (TPSA) is 167 Å². The van der Waals surface area contributed by atoms with E-state index < -0.39 is 36.4 Å². The maximum absolute atomic E-state index is 12.6. The Hall–Kier alpha value is -2.33. The maximum Gasteiger partial charge on any atom is 0.273 e. The first-order chi connectivity index (χ1) is 16.2. The fraction of sp³-hybridized carbons (Fsp3) is 0.421. The number of pyridine rings is 1. The summed E-state index contributed by atoms with van der Waals surface area (Å²) in [4.78, 5) is 22.4. The van der Waals surface area contributed by atoms with Crippen molar-refractivity contribution in [2.45, 2.75) is 34.7 Å². The number of aromatic hydroxyl groups is 1. The molecule has 0 aromatic carbocycles. The lowest BCUT2D eigenvalue weighted by Gasteiger charge is -2.41. The van der Waals surface area contributed by atoms with Crippen LogP contribution in [-0.4, -0.2) is 101 Å². The Morgan fingerprint density at radius 1 is 1.32 bits per heavy atom. The number of hydrogen-bond donors (Lipinski definition) is 4. The highest BCUT2D eigenvalue weighted by Crippen LogP contribution is 2.39. The van der Waals surface area contributed by atoms with Crippen molar-refractivity contribution in [1.82, 2.24) is 29.9 Å². The number of carbonyl (C=O) groups excluding carboxylic acids is 1. The monoisotopic (exact) mass is 528 g/mol. The Bertz CT molecular complexity index is 1180. The zero-order valence-electron chi connectivity index (χ0n) is 17.9. The largest absolute Gasteiger partial charge is 0.486 e. The molecule has 12 nitrogen and oxygen atoms in total. The van der Waals surface area contributed by atoms with E-state index in [0.29, 0.717) is 16.3 Å². The van der Waals surface area contributed by atoms with Crippen LogP contribution in [0.25, 0.3) is 11.4 Å². The minimum Gasteiger partial charge on any atom is -0.486 e. The van der Waals surface area contributed by atoms with Crippen LogP contribution in [-0.2, 0) is 4.74 Å². The smallest absolute Gasteiger partial charge is 0.273 e. The van der Waals surface area contributed by atoms with Crippen molar-refractivity contribution in [2.75, 3.05) is 20.7 Å². The first-order valence-electron chi connectivity index (χ1n) is 9.92. The van der Waals surface area contributed by atoms with Crippen molar-refractivity contribution in [3.63, 3.8) is 0 Å². The summed E-state index contributed by atoms with van der Waals surface area (Å²) in [6.45, 7) is -0.528. The summed E-state index contributed by atoms with van der Waals surface area (Å²) >= 11 is 8.11. The highest BCUT2D eigenvalue weighted by Gasteiger charge is 2.46. The zero-order valence-corrected chi connectivity index (χ0v) is 20.3. The number of aliphatic hydroxyl groups excluding tert-OH is 3. The van der Waals surface area contributed by atoms with Gasteiger partial charge in [0.05, 0.1) is 17.8 Å². The number of carbonyl (C=O) groups is 1. The van der Waals surface area contributed by atoms with E-state index in [2.05, 4.69) is 20.3 Å².